The van der Waals surface area contributed by atoms with Crippen LogP contribution in [0.3, 0.4) is 0 Å². The number of aliphatic carboxylic acids is 1. The Balaban J connectivity index is 0.00000134. The Kier molecular flexibility index (Phi) is 14.0. The first-order valence-electron chi connectivity index (χ1n) is 9.22. The summed E-state index contributed by atoms with van der Waals surface area (Å²) in [7, 11) is 0. The van der Waals surface area contributed by atoms with Gasteiger partial charge in [0.1, 0.15) is 11.8 Å². The molecule has 0 radical (unpaired) electrons. The average Bonchev–Trinajstić information content (AvgIpc) is 3.24. The maximum Gasteiger partial charge on any atom is 0.325 e. The highest BCUT2D eigenvalue weighted by molar-refractivity contribution is 7.98. The van der Waals surface area contributed by atoms with Gasteiger partial charge in [-0.2, -0.15) is 16.7 Å². The molecule has 6 N–H and O–H groups in total. The molecule has 1 aromatic carbocycles. The van der Waals surface area contributed by atoms with Crippen LogP contribution in [0.2, 0.25) is 0 Å². The van der Waals surface area contributed by atoms with E-state index in [0.29, 0.717) is 6.42 Å². The number of urea groups is 1. The van der Waals surface area contributed by atoms with Gasteiger partial charge in [0.15, 0.2) is 5.82 Å². The number of carbonyl (C=O) groups excluding carboxylic acids is 1. The van der Waals surface area contributed by atoms with Gasteiger partial charge < -0.3 is 31.1 Å². The van der Waals surface area contributed by atoms with E-state index in [1.807, 2.05) is 11.8 Å². The zero-order chi connectivity index (χ0) is 23.8. The first-order chi connectivity index (χ1) is 14.8. The molecule has 0 saturated carbocycles. The zero-order valence-corrected chi connectivity index (χ0v) is 18.6. The summed E-state index contributed by atoms with van der Waals surface area (Å²) in [5.74, 6) is 0.689. The van der Waals surface area contributed by atoms with Gasteiger partial charge in [-0.1, -0.05) is 24.2 Å². The lowest BCUT2D eigenvalue weighted by Crippen LogP contribution is -2.44. The Labute approximate surface area is 186 Å². The number of nitrogens with zero attached hydrogens (tertiary/aromatic N) is 2. The third-order valence-corrected chi connectivity index (χ3v) is 4.19. The van der Waals surface area contributed by atoms with E-state index in [4.69, 9.17) is 15.4 Å². The quantitative estimate of drug-likeness (QED) is 0.377. The first-order valence-corrected chi connectivity index (χ1v) is 10.6. The molecule has 0 aliphatic heterocycles. The molecule has 170 valence electrons. The van der Waals surface area contributed by atoms with Crippen molar-refractivity contribution in [2.45, 2.75) is 38.9 Å². The van der Waals surface area contributed by atoms with Gasteiger partial charge in [0.25, 0.3) is 0 Å². The number of phenolic OH excluding ortho intramolecular Hbond substituents is 1. The van der Waals surface area contributed by atoms with Gasteiger partial charge in [0.05, 0.1) is 12.6 Å². The SMILES string of the molecule is C#C.CCSC.C[C@H](NC(=O)NCc1nc([C@@H](N)Cc2ccc(O)cc2)no1)C(=O)O. The topological polar surface area (TPSA) is 164 Å². The van der Waals surface area contributed by atoms with Gasteiger partial charge in [-0.25, -0.2) is 4.79 Å². The second kappa shape index (κ2) is 15.6. The molecule has 2 amide bonds. The lowest BCUT2D eigenvalue weighted by atomic mass is 10.1. The van der Waals surface area contributed by atoms with Crippen LogP contribution in [0.15, 0.2) is 28.8 Å². The number of carbonyl (C=O) groups is 2. The van der Waals surface area contributed by atoms with E-state index in [1.54, 1.807) is 24.3 Å². The van der Waals surface area contributed by atoms with Crippen LogP contribution in [0.1, 0.15) is 37.2 Å². The third-order valence-electron chi connectivity index (χ3n) is 3.61. The molecule has 0 aliphatic rings. The minimum absolute atomic E-state index is 0.0584. The van der Waals surface area contributed by atoms with Crippen LogP contribution in [-0.4, -0.2) is 50.4 Å². The molecule has 1 heterocycles. The monoisotopic (exact) mass is 451 g/mol. The summed E-state index contributed by atoms with van der Waals surface area (Å²) in [6, 6.07) is 4.41. The number of rotatable bonds is 8. The summed E-state index contributed by atoms with van der Waals surface area (Å²) in [6.45, 7) is 3.43. The van der Waals surface area contributed by atoms with Crippen LogP contribution in [-0.2, 0) is 17.8 Å². The minimum atomic E-state index is -1.14. The number of hydrogen-bond acceptors (Lipinski definition) is 8. The van der Waals surface area contributed by atoms with Gasteiger partial charge in [-0.15, -0.1) is 12.8 Å². The number of aromatic nitrogens is 2. The van der Waals surface area contributed by atoms with Crippen molar-refractivity contribution in [3.05, 3.63) is 41.5 Å². The van der Waals surface area contributed by atoms with Crippen molar-refractivity contribution in [2.24, 2.45) is 5.73 Å². The Morgan fingerprint density at radius 1 is 1.29 bits per heavy atom. The van der Waals surface area contributed by atoms with Crippen LogP contribution >= 0.6 is 11.8 Å². The van der Waals surface area contributed by atoms with Crippen molar-refractivity contribution in [3.63, 3.8) is 0 Å². The summed E-state index contributed by atoms with van der Waals surface area (Å²) in [6.07, 6.45) is 10.5. The molecular weight excluding hydrogens is 422 g/mol. The number of terminal acetylenes is 1. The molecule has 31 heavy (non-hydrogen) atoms. The zero-order valence-electron chi connectivity index (χ0n) is 17.7. The Morgan fingerprint density at radius 2 is 1.87 bits per heavy atom. The molecule has 0 spiro atoms. The van der Waals surface area contributed by atoms with Gasteiger partial charge in [-0.05, 0) is 43.0 Å². The fraction of sp³-hybridized carbons (Fsp3) is 0.400. The lowest BCUT2D eigenvalue weighted by molar-refractivity contribution is -0.138. The van der Waals surface area contributed by atoms with E-state index in [1.165, 1.54) is 12.7 Å². The van der Waals surface area contributed by atoms with Crippen molar-refractivity contribution in [2.75, 3.05) is 12.0 Å². The second-order valence-corrected chi connectivity index (χ2v) is 7.14. The Bertz CT molecular complexity index is 808. The maximum absolute atomic E-state index is 11.5. The van der Waals surface area contributed by atoms with Crippen LogP contribution in [0.5, 0.6) is 5.75 Å². The highest BCUT2D eigenvalue weighted by Gasteiger charge is 2.17. The number of phenols is 1. The Morgan fingerprint density at radius 3 is 2.39 bits per heavy atom. The fourth-order valence-corrected chi connectivity index (χ4v) is 1.93. The van der Waals surface area contributed by atoms with Crippen molar-refractivity contribution < 1.29 is 24.3 Å². The van der Waals surface area contributed by atoms with Crippen LogP contribution in [0.25, 0.3) is 0 Å². The number of aromatic hydroxyl groups is 1. The van der Waals surface area contributed by atoms with E-state index in [9.17, 15) is 14.7 Å². The molecule has 2 atom stereocenters. The van der Waals surface area contributed by atoms with Crippen LogP contribution < -0.4 is 16.4 Å². The van der Waals surface area contributed by atoms with Gasteiger partial charge in [0.2, 0.25) is 5.89 Å². The number of carboxylic acid groups (broad SMARTS) is 1. The molecule has 2 aromatic rings. The van der Waals surface area contributed by atoms with Crippen molar-refractivity contribution in [1.29, 1.82) is 0 Å². The summed E-state index contributed by atoms with van der Waals surface area (Å²) in [5, 5.41) is 26.4. The normalized spacial score (nSPS) is 11.5. The number of hydrogen-bond donors (Lipinski definition) is 5. The van der Waals surface area contributed by atoms with Crippen LogP contribution in [0, 0.1) is 12.8 Å². The standard InChI is InChI=1S/C15H19N5O5.C3H8S.C2H2/c1-8(14(22)23)18-15(24)17-7-12-19-13(20-25-12)11(16)6-9-2-4-10(21)5-3-9;1-3-4-2;1-2/h2-5,8,11,21H,6-7,16H2,1H3,(H,22,23)(H2,17,18,24);3H2,1-2H3;1-2H/t8-,11-;;/m0../s1. The van der Waals surface area contributed by atoms with E-state index >= 15 is 0 Å². The van der Waals surface area contributed by atoms with Crippen LogP contribution in [0.4, 0.5) is 4.79 Å². The van der Waals surface area contributed by atoms with E-state index in [0.717, 1.165) is 5.56 Å². The third kappa shape index (κ3) is 11.5. The molecule has 0 unspecified atom stereocenters. The largest absolute Gasteiger partial charge is 0.508 e. The summed E-state index contributed by atoms with van der Waals surface area (Å²) >= 11 is 1.86. The minimum Gasteiger partial charge on any atom is -0.508 e. The van der Waals surface area contributed by atoms with E-state index in [2.05, 4.69) is 46.8 Å². The lowest BCUT2D eigenvalue weighted by Gasteiger charge is -2.09. The molecule has 0 bridgehead atoms. The van der Waals surface area contributed by atoms with E-state index < -0.39 is 24.1 Å². The number of benzene rings is 1. The van der Waals surface area contributed by atoms with E-state index in [-0.39, 0.29) is 24.0 Å². The Hall–Kier alpha value is -3.23. The molecular formula is C20H29N5O5S. The fourth-order valence-electron chi connectivity index (χ4n) is 1.93. The van der Waals surface area contributed by atoms with Crippen molar-refractivity contribution in [3.8, 4) is 18.6 Å². The molecule has 0 fully saturated rings. The molecule has 0 aliphatic carbocycles. The molecule has 1 aromatic heterocycles. The predicted molar refractivity (Wildman–Crippen MR) is 119 cm³/mol. The predicted octanol–water partition coefficient (Wildman–Crippen LogP) is 1.91. The molecule has 10 nitrogen and oxygen atoms in total. The number of thioether (sulfide) groups is 1. The maximum atomic E-state index is 11.5. The second-order valence-electron chi connectivity index (χ2n) is 5.99. The van der Waals surface area contributed by atoms with Gasteiger partial charge in [-0.3, -0.25) is 4.79 Å². The highest BCUT2D eigenvalue weighted by Crippen LogP contribution is 2.16. The average molecular weight is 452 g/mol. The molecule has 2 rings (SSSR count). The van der Waals surface area contributed by atoms with Gasteiger partial charge in [0, 0.05) is 0 Å². The van der Waals surface area contributed by atoms with Crippen molar-refractivity contribution in [1.82, 2.24) is 20.8 Å². The highest BCUT2D eigenvalue weighted by atomic mass is 32.2. The molecule has 11 heteroatoms. The number of nitrogens with one attached hydrogen (secondary N) is 2. The summed E-state index contributed by atoms with van der Waals surface area (Å²) < 4.78 is 5.01. The summed E-state index contributed by atoms with van der Waals surface area (Å²) in [5.41, 5.74) is 6.92. The van der Waals surface area contributed by atoms with Crippen molar-refractivity contribution >= 4 is 23.8 Å². The number of nitrogens with two attached hydrogens (primary N) is 1. The number of amides is 2. The van der Waals surface area contributed by atoms with Gasteiger partial charge >= 0.3 is 12.0 Å². The molecule has 0 saturated heterocycles. The number of carboxylic acids is 1. The summed E-state index contributed by atoms with van der Waals surface area (Å²) in [4.78, 5) is 26.3. The smallest absolute Gasteiger partial charge is 0.325 e. The first kappa shape index (κ1) is 27.8.